The maximum absolute atomic E-state index is 10.9. The van der Waals surface area contributed by atoms with Crippen LogP contribution in [0.15, 0.2) is 22.6 Å². The van der Waals surface area contributed by atoms with E-state index in [4.69, 9.17) is 23.4 Å². The first-order chi connectivity index (χ1) is 4.70. The van der Waals surface area contributed by atoms with Gasteiger partial charge in [-0.1, -0.05) is 17.7 Å². The molecule has 0 aliphatic carbocycles. The molecule has 0 spiro atoms. The van der Waals surface area contributed by atoms with Crippen molar-refractivity contribution in [1.29, 1.82) is 0 Å². The van der Waals surface area contributed by atoms with Crippen LogP contribution in [-0.2, 0) is 11.0 Å². The molecule has 1 aliphatic heterocycles. The molecule has 0 aromatic heterocycles. The van der Waals surface area contributed by atoms with Crippen molar-refractivity contribution in [1.82, 2.24) is 3.82 Å². The summed E-state index contributed by atoms with van der Waals surface area (Å²) in [6.45, 7) is 0.322. The Morgan fingerprint density at radius 2 is 2.40 bits per heavy atom. The summed E-state index contributed by atoms with van der Waals surface area (Å²) in [6.07, 6.45) is 3.29. The summed E-state index contributed by atoms with van der Waals surface area (Å²) in [7, 11) is -1.24. The van der Waals surface area contributed by atoms with Crippen LogP contribution in [0.5, 0.6) is 0 Å². The minimum atomic E-state index is -1.24. The zero-order valence-electron chi connectivity index (χ0n) is 4.96. The number of halogens is 2. The van der Waals surface area contributed by atoms with Crippen molar-refractivity contribution in [3.63, 3.8) is 0 Å². The zero-order chi connectivity index (χ0) is 7.56. The Kier molecular flexibility index (Phi) is 2.92. The van der Waals surface area contributed by atoms with Crippen LogP contribution in [0.1, 0.15) is 0 Å². The van der Waals surface area contributed by atoms with E-state index < -0.39 is 11.0 Å². The molecule has 1 rings (SSSR count). The van der Waals surface area contributed by atoms with Crippen LogP contribution in [0.4, 0.5) is 0 Å². The molecule has 1 heterocycles. The third-order valence-electron chi connectivity index (χ3n) is 0.943. The van der Waals surface area contributed by atoms with Gasteiger partial charge in [0.15, 0.2) is 0 Å². The smallest absolute Gasteiger partial charge is 0.135 e. The van der Waals surface area contributed by atoms with Crippen LogP contribution in [0.25, 0.3) is 0 Å². The SMILES string of the molecule is O=S1C=CC=C(Cl)CN1Cl. The lowest BCUT2D eigenvalue weighted by molar-refractivity contribution is 0.650. The van der Waals surface area contributed by atoms with Gasteiger partial charge < -0.3 is 0 Å². The number of nitrogens with zero attached hydrogens (tertiary/aromatic N) is 1. The van der Waals surface area contributed by atoms with Gasteiger partial charge >= 0.3 is 0 Å². The fourth-order valence-corrected chi connectivity index (χ4v) is 1.71. The van der Waals surface area contributed by atoms with Crippen LogP contribution in [0.2, 0.25) is 0 Å². The first-order valence-electron chi connectivity index (χ1n) is 2.57. The van der Waals surface area contributed by atoms with E-state index in [0.717, 1.165) is 3.82 Å². The average molecular weight is 198 g/mol. The van der Waals surface area contributed by atoms with Gasteiger partial charge in [-0.05, 0) is 17.9 Å². The minimum Gasteiger partial charge on any atom is -0.237 e. The van der Waals surface area contributed by atoms with E-state index >= 15 is 0 Å². The first-order valence-corrected chi connectivity index (χ1v) is 4.45. The van der Waals surface area contributed by atoms with E-state index in [1.165, 1.54) is 5.41 Å². The Morgan fingerprint density at radius 3 is 3.10 bits per heavy atom. The molecule has 0 bridgehead atoms. The van der Waals surface area contributed by atoms with Crippen molar-refractivity contribution >= 4 is 34.4 Å². The third kappa shape index (κ3) is 2.09. The molecule has 0 saturated carbocycles. The van der Waals surface area contributed by atoms with Gasteiger partial charge in [-0.25, -0.2) is 4.21 Å². The van der Waals surface area contributed by atoms with Crippen molar-refractivity contribution in [3.05, 3.63) is 22.6 Å². The zero-order valence-corrected chi connectivity index (χ0v) is 7.29. The molecule has 1 atom stereocenters. The molecular weight excluding hydrogens is 193 g/mol. The van der Waals surface area contributed by atoms with E-state index in [1.807, 2.05) is 0 Å². The summed E-state index contributed by atoms with van der Waals surface area (Å²) < 4.78 is 12.0. The molecule has 2 nitrogen and oxygen atoms in total. The molecule has 1 unspecified atom stereocenters. The molecule has 1 aliphatic rings. The number of hydrogen-bond donors (Lipinski definition) is 0. The average Bonchev–Trinajstić information content (AvgIpc) is 1.96. The number of rotatable bonds is 0. The molecule has 0 saturated heterocycles. The fraction of sp³-hybridized carbons (Fsp3) is 0.200. The van der Waals surface area contributed by atoms with E-state index in [-0.39, 0.29) is 0 Å². The predicted molar refractivity (Wildman–Crippen MR) is 43.8 cm³/mol. The van der Waals surface area contributed by atoms with E-state index in [0.29, 0.717) is 11.6 Å². The van der Waals surface area contributed by atoms with Gasteiger partial charge in [0.1, 0.15) is 11.0 Å². The molecule has 0 radical (unpaired) electrons. The van der Waals surface area contributed by atoms with Gasteiger partial charge in [-0.15, -0.1) is 3.82 Å². The lowest BCUT2D eigenvalue weighted by atomic mass is 10.5. The van der Waals surface area contributed by atoms with Gasteiger partial charge in [0.2, 0.25) is 0 Å². The second-order valence-electron chi connectivity index (χ2n) is 1.69. The van der Waals surface area contributed by atoms with E-state index in [9.17, 15) is 4.21 Å². The highest BCUT2D eigenvalue weighted by Crippen LogP contribution is 2.13. The van der Waals surface area contributed by atoms with Gasteiger partial charge in [0.25, 0.3) is 0 Å². The maximum Gasteiger partial charge on any atom is 0.135 e. The normalized spacial score (nSPS) is 27.8. The molecule has 56 valence electrons. The standard InChI is InChI=1S/C5H5Cl2NOS/c6-5-2-1-3-10(9)8(7)4-5/h1-3H,4H2. The van der Waals surface area contributed by atoms with Crippen LogP contribution in [0.3, 0.4) is 0 Å². The van der Waals surface area contributed by atoms with Crippen LogP contribution in [0, 0.1) is 0 Å². The highest BCUT2D eigenvalue weighted by Gasteiger charge is 2.10. The van der Waals surface area contributed by atoms with Gasteiger partial charge in [-0.3, -0.25) is 0 Å². The van der Waals surface area contributed by atoms with Crippen molar-refractivity contribution in [2.75, 3.05) is 6.54 Å². The second-order valence-corrected chi connectivity index (χ2v) is 4.05. The molecular formula is C5H5Cl2NOS. The lowest BCUT2D eigenvalue weighted by Gasteiger charge is -2.05. The topological polar surface area (TPSA) is 20.3 Å². The maximum atomic E-state index is 10.9. The summed E-state index contributed by atoms with van der Waals surface area (Å²) in [5.74, 6) is 0. The summed E-state index contributed by atoms with van der Waals surface area (Å²) in [5.41, 5.74) is 0. The largest absolute Gasteiger partial charge is 0.237 e. The molecule has 10 heavy (non-hydrogen) atoms. The Labute approximate surface area is 71.8 Å². The van der Waals surface area contributed by atoms with Crippen molar-refractivity contribution < 1.29 is 4.21 Å². The summed E-state index contributed by atoms with van der Waals surface area (Å²) in [6, 6.07) is 0. The molecule has 0 aromatic rings. The Balaban J connectivity index is 2.76. The first kappa shape index (κ1) is 8.27. The van der Waals surface area contributed by atoms with Crippen molar-refractivity contribution in [2.45, 2.75) is 0 Å². The summed E-state index contributed by atoms with van der Waals surface area (Å²) in [5, 5.41) is 2.06. The second kappa shape index (κ2) is 3.53. The van der Waals surface area contributed by atoms with Crippen LogP contribution < -0.4 is 0 Å². The van der Waals surface area contributed by atoms with Crippen LogP contribution >= 0.6 is 23.4 Å². The van der Waals surface area contributed by atoms with Crippen LogP contribution in [-0.4, -0.2) is 14.6 Å². The minimum absolute atomic E-state index is 0.322. The van der Waals surface area contributed by atoms with Crippen molar-refractivity contribution in [2.24, 2.45) is 0 Å². The summed E-state index contributed by atoms with van der Waals surface area (Å²) >= 11 is 11.2. The van der Waals surface area contributed by atoms with Crippen molar-refractivity contribution in [3.8, 4) is 0 Å². The molecule has 0 aromatic carbocycles. The molecule has 0 amide bonds. The van der Waals surface area contributed by atoms with E-state index in [1.54, 1.807) is 12.2 Å². The Hall–Kier alpha value is 0.170. The number of hydrogen-bond acceptors (Lipinski definition) is 1. The third-order valence-corrected chi connectivity index (χ3v) is 2.63. The predicted octanol–water partition coefficient (Wildman–Crippen LogP) is 1.76. The Morgan fingerprint density at radius 1 is 1.70 bits per heavy atom. The van der Waals surface area contributed by atoms with Gasteiger partial charge in [0, 0.05) is 10.4 Å². The Bertz CT molecular complexity index is 214. The monoisotopic (exact) mass is 197 g/mol. The highest BCUT2D eigenvalue weighted by atomic mass is 35.5. The van der Waals surface area contributed by atoms with Gasteiger partial charge in [0.05, 0.1) is 6.54 Å². The molecule has 0 N–H and O–H groups in total. The summed E-state index contributed by atoms with van der Waals surface area (Å²) in [4.78, 5) is 0. The van der Waals surface area contributed by atoms with Gasteiger partial charge in [-0.2, -0.15) is 0 Å². The molecule has 5 heteroatoms. The van der Waals surface area contributed by atoms with E-state index in [2.05, 4.69) is 0 Å². The highest BCUT2D eigenvalue weighted by molar-refractivity contribution is 7.86. The quantitative estimate of drug-likeness (QED) is 0.543. The fourth-order valence-electron chi connectivity index (χ4n) is 0.512. The lowest BCUT2D eigenvalue weighted by Crippen LogP contribution is -2.13. The number of allylic oxidation sites excluding steroid dienone is 2. The molecule has 0 fully saturated rings.